The van der Waals surface area contributed by atoms with Crippen molar-refractivity contribution in [2.24, 2.45) is 16.3 Å². The Bertz CT molecular complexity index is 775. The number of esters is 1. The first-order chi connectivity index (χ1) is 11.5. The average Bonchev–Trinajstić information content (AvgIpc) is 3.05. The highest BCUT2D eigenvalue weighted by molar-refractivity contribution is 6.46. The maximum atomic E-state index is 12.7. The number of hydrazone groups is 1. The molecule has 2 aliphatic rings. The number of nitroso groups, excluding NO2 is 1. The Morgan fingerprint density at radius 1 is 1.33 bits per heavy atom. The second-order valence-electron chi connectivity index (χ2n) is 5.38. The van der Waals surface area contributed by atoms with Crippen molar-refractivity contribution in [1.82, 2.24) is 5.12 Å². The van der Waals surface area contributed by atoms with Gasteiger partial charge in [-0.15, -0.1) is 15.1 Å². The van der Waals surface area contributed by atoms with Gasteiger partial charge in [0.05, 0.1) is 17.6 Å². The summed E-state index contributed by atoms with van der Waals surface area (Å²) in [6.07, 6.45) is 0. The number of carbonyl (C=O) groups is 3. The van der Waals surface area contributed by atoms with Gasteiger partial charge in [0.2, 0.25) is 5.91 Å². The number of ether oxygens (including phenoxy) is 1. The standard InChI is InChI=1S/C15H14N4O5/c1-3-24-15(22)11-10-12(19(16-11)17-23)14(21)18(13(10)20)9-6-4-5-8(2)7-9/h4-7,10,12H,3H2,1-2H3/t10-,12-/m1/s1. The van der Waals surface area contributed by atoms with Crippen LogP contribution in [0.5, 0.6) is 0 Å². The predicted molar refractivity (Wildman–Crippen MR) is 82.7 cm³/mol. The van der Waals surface area contributed by atoms with E-state index in [0.29, 0.717) is 10.8 Å². The van der Waals surface area contributed by atoms with Gasteiger partial charge in [0.25, 0.3) is 5.91 Å². The van der Waals surface area contributed by atoms with E-state index in [0.717, 1.165) is 10.5 Å². The summed E-state index contributed by atoms with van der Waals surface area (Å²) in [6.45, 7) is 3.49. The third-order valence-electron chi connectivity index (χ3n) is 3.86. The zero-order valence-electron chi connectivity index (χ0n) is 13.0. The lowest BCUT2D eigenvalue weighted by Gasteiger charge is -2.17. The Hall–Kier alpha value is -3.10. The quantitative estimate of drug-likeness (QED) is 0.458. The SMILES string of the molecule is CCOC(=O)C1=NN(N=O)[C@H]2C(=O)N(c3cccc(C)c3)C(=O)[C@H]12. The molecule has 1 fully saturated rings. The predicted octanol–water partition coefficient (Wildman–Crippen LogP) is 0.769. The van der Waals surface area contributed by atoms with E-state index >= 15 is 0 Å². The molecule has 124 valence electrons. The minimum Gasteiger partial charge on any atom is -0.461 e. The van der Waals surface area contributed by atoms with Crippen LogP contribution in [0, 0.1) is 17.7 Å². The van der Waals surface area contributed by atoms with Gasteiger partial charge in [0.15, 0.2) is 11.8 Å². The number of benzene rings is 1. The summed E-state index contributed by atoms with van der Waals surface area (Å²) in [4.78, 5) is 49.3. The Kier molecular flexibility index (Phi) is 3.84. The average molecular weight is 330 g/mol. The fourth-order valence-corrected chi connectivity index (χ4v) is 2.85. The van der Waals surface area contributed by atoms with Gasteiger partial charge in [-0.1, -0.05) is 12.1 Å². The summed E-state index contributed by atoms with van der Waals surface area (Å²) in [6, 6.07) is 5.53. The first-order valence-corrected chi connectivity index (χ1v) is 7.32. The number of hydrogen-bond acceptors (Lipinski definition) is 7. The van der Waals surface area contributed by atoms with Gasteiger partial charge in [0.1, 0.15) is 5.92 Å². The molecule has 0 aromatic heterocycles. The Morgan fingerprint density at radius 3 is 2.71 bits per heavy atom. The summed E-state index contributed by atoms with van der Waals surface area (Å²) >= 11 is 0. The highest BCUT2D eigenvalue weighted by Gasteiger charge is 2.59. The number of carbonyl (C=O) groups excluding carboxylic acids is 3. The topological polar surface area (TPSA) is 109 Å². The molecule has 2 amide bonds. The van der Waals surface area contributed by atoms with Crippen LogP contribution in [-0.4, -0.2) is 41.3 Å². The van der Waals surface area contributed by atoms with E-state index in [1.54, 1.807) is 25.1 Å². The van der Waals surface area contributed by atoms with E-state index in [4.69, 9.17) is 4.74 Å². The van der Waals surface area contributed by atoms with E-state index in [1.165, 1.54) is 0 Å². The Morgan fingerprint density at radius 2 is 2.08 bits per heavy atom. The van der Waals surface area contributed by atoms with Crippen molar-refractivity contribution in [1.29, 1.82) is 0 Å². The van der Waals surface area contributed by atoms with Gasteiger partial charge < -0.3 is 4.74 Å². The smallest absolute Gasteiger partial charge is 0.355 e. The molecule has 9 nitrogen and oxygen atoms in total. The highest BCUT2D eigenvalue weighted by atomic mass is 16.5. The molecule has 2 heterocycles. The third-order valence-corrected chi connectivity index (χ3v) is 3.86. The largest absolute Gasteiger partial charge is 0.461 e. The fourth-order valence-electron chi connectivity index (χ4n) is 2.85. The number of imide groups is 1. The molecule has 0 bridgehead atoms. The molecule has 0 spiro atoms. The lowest BCUT2D eigenvalue weighted by atomic mass is 9.98. The normalized spacial score (nSPS) is 22.5. The van der Waals surface area contributed by atoms with Gasteiger partial charge in [0, 0.05) is 0 Å². The van der Waals surface area contributed by atoms with Gasteiger partial charge in [-0.3, -0.25) is 9.59 Å². The monoisotopic (exact) mass is 330 g/mol. The second-order valence-corrected chi connectivity index (χ2v) is 5.38. The molecular weight excluding hydrogens is 316 g/mol. The number of aryl methyl sites for hydroxylation is 1. The number of fused-ring (bicyclic) bond motifs is 1. The van der Waals surface area contributed by atoms with Crippen molar-refractivity contribution in [3.8, 4) is 0 Å². The van der Waals surface area contributed by atoms with E-state index in [2.05, 4.69) is 10.4 Å². The van der Waals surface area contributed by atoms with Crippen LogP contribution in [0.1, 0.15) is 12.5 Å². The van der Waals surface area contributed by atoms with Crippen LogP contribution in [0.2, 0.25) is 0 Å². The van der Waals surface area contributed by atoms with Crippen LogP contribution in [0.4, 0.5) is 5.69 Å². The maximum absolute atomic E-state index is 12.7. The molecule has 0 unspecified atom stereocenters. The minimum absolute atomic E-state index is 0.0769. The summed E-state index contributed by atoms with van der Waals surface area (Å²) in [5.74, 6) is -3.33. The lowest BCUT2D eigenvalue weighted by molar-refractivity contribution is -0.136. The first-order valence-electron chi connectivity index (χ1n) is 7.32. The lowest BCUT2D eigenvalue weighted by Crippen LogP contribution is -2.36. The molecule has 24 heavy (non-hydrogen) atoms. The summed E-state index contributed by atoms with van der Waals surface area (Å²) in [5, 5.41) is 6.89. The molecule has 2 aliphatic heterocycles. The molecule has 3 rings (SSSR count). The molecule has 1 saturated heterocycles. The molecule has 1 aromatic rings. The number of hydrogen-bond donors (Lipinski definition) is 0. The van der Waals surface area contributed by atoms with E-state index < -0.39 is 29.7 Å². The van der Waals surface area contributed by atoms with Crippen LogP contribution >= 0.6 is 0 Å². The van der Waals surface area contributed by atoms with Crippen LogP contribution in [-0.2, 0) is 19.1 Å². The van der Waals surface area contributed by atoms with E-state index in [9.17, 15) is 19.3 Å². The fraction of sp³-hybridized carbons (Fsp3) is 0.333. The van der Waals surface area contributed by atoms with Gasteiger partial charge in [-0.05, 0) is 31.5 Å². The number of amides is 2. The zero-order chi connectivity index (χ0) is 17.4. The van der Waals surface area contributed by atoms with Crippen molar-refractivity contribution < 1.29 is 19.1 Å². The third kappa shape index (κ3) is 2.25. The highest BCUT2D eigenvalue weighted by Crippen LogP contribution is 2.35. The molecule has 2 atom stereocenters. The summed E-state index contributed by atoms with van der Waals surface area (Å²) in [7, 11) is 0. The summed E-state index contributed by atoms with van der Waals surface area (Å²) in [5.41, 5.74) is 0.943. The van der Waals surface area contributed by atoms with E-state index in [-0.39, 0.29) is 12.3 Å². The second kappa shape index (κ2) is 5.84. The maximum Gasteiger partial charge on any atom is 0.355 e. The van der Waals surface area contributed by atoms with Crippen LogP contribution < -0.4 is 4.90 Å². The molecule has 0 saturated carbocycles. The zero-order valence-corrected chi connectivity index (χ0v) is 13.0. The van der Waals surface area contributed by atoms with Gasteiger partial charge in [-0.2, -0.15) is 0 Å². The van der Waals surface area contributed by atoms with Gasteiger partial charge in [-0.25, -0.2) is 9.69 Å². The molecular formula is C15H14N4O5. The molecule has 1 aromatic carbocycles. The number of nitrogens with zero attached hydrogens (tertiary/aromatic N) is 4. The van der Waals surface area contributed by atoms with Crippen molar-refractivity contribution >= 4 is 29.2 Å². The Labute approximate surface area is 136 Å². The number of anilines is 1. The van der Waals surface area contributed by atoms with Crippen molar-refractivity contribution in [2.45, 2.75) is 19.9 Å². The minimum atomic E-state index is -1.25. The number of rotatable bonds is 4. The molecule has 9 heteroatoms. The first kappa shape index (κ1) is 15.8. The van der Waals surface area contributed by atoms with E-state index in [1.807, 2.05) is 13.0 Å². The molecule has 0 aliphatic carbocycles. The molecule has 0 radical (unpaired) electrons. The van der Waals surface area contributed by atoms with Crippen molar-refractivity contribution in [2.75, 3.05) is 11.5 Å². The Balaban J connectivity index is 2.02. The van der Waals surface area contributed by atoms with Crippen LogP contribution in [0.25, 0.3) is 0 Å². The van der Waals surface area contributed by atoms with Crippen molar-refractivity contribution in [3.63, 3.8) is 0 Å². The van der Waals surface area contributed by atoms with Crippen LogP contribution in [0.3, 0.4) is 0 Å². The summed E-state index contributed by atoms with van der Waals surface area (Å²) < 4.78 is 4.85. The molecule has 0 N–H and O–H groups in total. The van der Waals surface area contributed by atoms with Crippen LogP contribution in [0.15, 0.2) is 34.7 Å². The van der Waals surface area contributed by atoms with Crippen molar-refractivity contribution in [3.05, 3.63) is 34.7 Å². The van der Waals surface area contributed by atoms with Gasteiger partial charge >= 0.3 is 5.97 Å².